The summed E-state index contributed by atoms with van der Waals surface area (Å²) in [6.07, 6.45) is 5.85. The fourth-order valence-electron chi connectivity index (χ4n) is 3.54. The molecule has 4 nitrogen and oxygen atoms in total. The molecule has 0 aliphatic rings. The van der Waals surface area contributed by atoms with Gasteiger partial charge in [0.2, 0.25) is 0 Å². The smallest absolute Gasteiger partial charge is 0.343 e. The van der Waals surface area contributed by atoms with E-state index in [1.807, 2.05) is 36.4 Å². The van der Waals surface area contributed by atoms with Crippen LogP contribution in [0.5, 0.6) is 11.5 Å². The van der Waals surface area contributed by atoms with E-state index in [-0.39, 0.29) is 0 Å². The van der Waals surface area contributed by atoms with Crippen molar-refractivity contribution in [1.29, 1.82) is 0 Å². The van der Waals surface area contributed by atoms with Crippen molar-refractivity contribution in [2.45, 2.75) is 52.4 Å². The van der Waals surface area contributed by atoms with Crippen LogP contribution in [0.1, 0.15) is 71.4 Å². The second kappa shape index (κ2) is 13.2. The molecule has 178 valence electrons. The molecule has 0 bridgehead atoms. The first kappa shape index (κ1) is 26.7. The number of hydrogen-bond acceptors (Lipinski definition) is 4. The predicted octanol–water partition coefficient (Wildman–Crippen LogP) is 8.02. The van der Waals surface area contributed by atoms with Crippen molar-refractivity contribution in [3.8, 4) is 11.5 Å². The highest BCUT2D eigenvalue weighted by Crippen LogP contribution is 2.29. The molecule has 0 atom stereocenters. The van der Waals surface area contributed by atoms with Crippen LogP contribution in [-0.2, 0) is 12.8 Å². The predicted molar refractivity (Wildman–Crippen MR) is 152 cm³/mol. The Morgan fingerprint density at radius 1 is 0.676 bits per heavy atom. The number of carbonyl (C=O) groups is 2. The molecule has 0 amide bonds. The Balaban J connectivity index is 1.80. The SMILES string of the molecule is CCCCc1cccc(I)c1OC(=O)c1cccc(C(=O)Oc2c(I)cccc2CCCC)c1. The first-order valence-corrected chi connectivity index (χ1v) is 13.7. The average molecular weight is 682 g/mol. The molecule has 3 aromatic rings. The Hall–Kier alpha value is -1.94. The van der Waals surface area contributed by atoms with Crippen molar-refractivity contribution in [3.05, 3.63) is 90.1 Å². The minimum Gasteiger partial charge on any atom is -0.422 e. The molecule has 0 aliphatic carbocycles. The molecule has 0 N–H and O–H groups in total. The molecule has 0 aliphatic heterocycles. The summed E-state index contributed by atoms with van der Waals surface area (Å²) in [4.78, 5) is 25.9. The average Bonchev–Trinajstić information content (AvgIpc) is 2.84. The van der Waals surface area contributed by atoms with Crippen molar-refractivity contribution in [2.24, 2.45) is 0 Å². The molecular weight excluding hydrogens is 654 g/mol. The first-order chi connectivity index (χ1) is 16.4. The summed E-state index contributed by atoms with van der Waals surface area (Å²) in [5, 5.41) is 0. The maximum Gasteiger partial charge on any atom is 0.343 e. The number of esters is 2. The highest BCUT2D eigenvalue weighted by molar-refractivity contribution is 14.1. The summed E-state index contributed by atoms with van der Waals surface area (Å²) < 4.78 is 13.4. The highest BCUT2D eigenvalue weighted by atomic mass is 127. The van der Waals surface area contributed by atoms with Crippen molar-refractivity contribution >= 4 is 57.1 Å². The van der Waals surface area contributed by atoms with Gasteiger partial charge in [-0.15, -0.1) is 0 Å². The zero-order valence-electron chi connectivity index (χ0n) is 19.4. The van der Waals surface area contributed by atoms with E-state index >= 15 is 0 Å². The first-order valence-electron chi connectivity index (χ1n) is 11.5. The van der Waals surface area contributed by atoms with E-state index in [9.17, 15) is 9.59 Å². The molecule has 0 saturated carbocycles. The van der Waals surface area contributed by atoms with Gasteiger partial charge in [0.05, 0.1) is 18.3 Å². The van der Waals surface area contributed by atoms with Gasteiger partial charge in [-0.1, -0.05) is 57.0 Å². The quantitative estimate of drug-likeness (QED) is 0.124. The Morgan fingerprint density at radius 3 is 1.50 bits per heavy atom. The fraction of sp³-hybridized carbons (Fsp3) is 0.286. The minimum atomic E-state index is -0.491. The number of unbranched alkanes of at least 4 members (excludes halogenated alkanes) is 2. The molecule has 3 aromatic carbocycles. The van der Waals surface area contributed by atoms with Crippen LogP contribution in [0.2, 0.25) is 0 Å². The zero-order valence-corrected chi connectivity index (χ0v) is 23.7. The van der Waals surface area contributed by atoms with Crippen LogP contribution in [0, 0.1) is 7.14 Å². The number of ether oxygens (including phenoxy) is 2. The lowest BCUT2D eigenvalue weighted by Gasteiger charge is -2.13. The molecule has 0 spiro atoms. The second-order valence-electron chi connectivity index (χ2n) is 8.02. The Kier molecular flexibility index (Phi) is 10.4. The number of benzene rings is 3. The fourth-order valence-corrected chi connectivity index (χ4v) is 4.87. The van der Waals surface area contributed by atoms with Gasteiger partial charge in [0.1, 0.15) is 11.5 Å². The van der Waals surface area contributed by atoms with Crippen LogP contribution >= 0.6 is 45.2 Å². The van der Waals surface area contributed by atoms with Gasteiger partial charge < -0.3 is 9.47 Å². The van der Waals surface area contributed by atoms with Crippen molar-refractivity contribution in [1.82, 2.24) is 0 Å². The lowest BCUT2D eigenvalue weighted by molar-refractivity contribution is 0.0731. The Morgan fingerprint density at radius 2 is 1.09 bits per heavy atom. The third kappa shape index (κ3) is 7.04. The number of aryl methyl sites for hydroxylation is 2. The highest BCUT2D eigenvalue weighted by Gasteiger charge is 2.18. The van der Waals surface area contributed by atoms with E-state index in [1.54, 1.807) is 18.2 Å². The molecule has 0 saturated heterocycles. The van der Waals surface area contributed by atoms with Crippen LogP contribution in [0.25, 0.3) is 0 Å². The van der Waals surface area contributed by atoms with Crippen LogP contribution in [-0.4, -0.2) is 11.9 Å². The molecule has 34 heavy (non-hydrogen) atoms. The van der Waals surface area contributed by atoms with Crippen molar-refractivity contribution in [3.63, 3.8) is 0 Å². The van der Waals surface area contributed by atoms with Gasteiger partial charge in [0.25, 0.3) is 0 Å². The number of hydrogen-bond donors (Lipinski definition) is 0. The number of halogens is 2. The zero-order chi connectivity index (χ0) is 24.5. The lowest BCUT2D eigenvalue weighted by atomic mass is 10.1. The van der Waals surface area contributed by atoms with Crippen LogP contribution in [0.4, 0.5) is 0 Å². The van der Waals surface area contributed by atoms with Gasteiger partial charge in [-0.3, -0.25) is 0 Å². The van der Waals surface area contributed by atoms with Crippen molar-refractivity contribution < 1.29 is 19.1 Å². The van der Waals surface area contributed by atoms with E-state index < -0.39 is 11.9 Å². The molecular formula is C28H28I2O4. The maximum atomic E-state index is 13.0. The van der Waals surface area contributed by atoms with E-state index in [1.165, 1.54) is 6.07 Å². The largest absolute Gasteiger partial charge is 0.422 e. The Labute approximate surface area is 228 Å². The number of para-hydroxylation sites is 2. The molecule has 0 unspecified atom stereocenters. The summed E-state index contributed by atoms with van der Waals surface area (Å²) in [5.74, 6) is 0.201. The molecule has 0 heterocycles. The van der Waals surface area contributed by atoms with E-state index in [0.717, 1.165) is 56.8 Å². The summed E-state index contributed by atoms with van der Waals surface area (Å²) in [6.45, 7) is 4.26. The monoisotopic (exact) mass is 682 g/mol. The van der Waals surface area contributed by atoms with Crippen LogP contribution in [0.3, 0.4) is 0 Å². The molecule has 0 radical (unpaired) electrons. The number of rotatable bonds is 10. The molecule has 0 fully saturated rings. The summed E-state index contributed by atoms with van der Waals surface area (Å²) in [6, 6.07) is 18.3. The van der Waals surface area contributed by atoms with Gasteiger partial charge in [0.15, 0.2) is 0 Å². The topological polar surface area (TPSA) is 52.6 Å². The standard InChI is InChI=1S/C28H28I2O4/c1-3-5-10-19-12-8-16-23(29)25(19)33-27(31)21-14-7-15-22(18-21)28(32)34-26-20(11-6-4-2)13-9-17-24(26)30/h7-9,12-18H,3-6,10-11H2,1-2H3. The molecule has 3 rings (SSSR count). The van der Waals surface area contributed by atoms with E-state index in [4.69, 9.17) is 9.47 Å². The van der Waals surface area contributed by atoms with Gasteiger partial charge in [-0.25, -0.2) is 9.59 Å². The molecule has 0 aromatic heterocycles. The summed E-state index contributed by atoms with van der Waals surface area (Å²) >= 11 is 4.37. The van der Waals surface area contributed by atoms with Gasteiger partial charge in [0, 0.05) is 0 Å². The van der Waals surface area contributed by atoms with Crippen molar-refractivity contribution in [2.75, 3.05) is 0 Å². The van der Waals surface area contributed by atoms with E-state index in [2.05, 4.69) is 59.0 Å². The Bertz CT molecular complexity index is 1070. The van der Waals surface area contributed by atoms with E-state index in [0.29, 0.717) is 22.6 Å². The normalized spacial score (nSPS) is 10.7. The molecule has 6 heteroatoms. The van der Waals surface area contributed by atoms with Gasteiger partial charge in [-0.05, 0) is 112 Å². The number of carbonyl (C=O) groups excluding carboxylic acids is 2. The van der Waals surface area contributed by atoms with Crippen LogP contribution in [0.15, 0.2) is 60.7 Å². The second-order valence-corrected chi connectivity index (χ2v) is 10.3. The maximum absolute atomic E-state index is 13.0. The summed E-state index contributed by atoms with van der Waals surface area (Å²) in [7, 11) is 0. The van der Waals surface area contributed by atoms with Gasteiger partial charge in [-0.2, -0.15) is 0 Å². The lowest BCUT2D eigenvalue weighted by Crippen LogP contribution is -2.14. The van der Waals surface area contributed by atoms with Crippen LogP contribution < -0.4 is 9.47 Å². The summed E-state index contributed by atoms with van der Waals surface area (Å²) in [5.41, 5.74) is 2.64. The third-order valence-electron chi connectivity index (χ3n) is 5.42. The van der Waals surface area contributed by atoms with Gasteiger partial charge >= 0.3 is 11.9 Å². The minimum absolute atomic E-state index is 0.310. The third-order valence-corrected chi connectivity index (χ3v) is 7.12.